The molecule has 5 aromatic rings. The number of anilines is 3. The molecule has 4 N–H and O–H groups in total. The van der Waals surface area contributed by atoms with Crippen molar-refractivity contribution in [1.82, 2.24) is 15.0 Å². The predicted molar refractivity (Wildman–Crippen MR) is 162 cm³/mol. The van der Waals surface area contributed by atoms with Crippen molar-refractivity contribution in [2.45, 2.75) is 25.7 Å². The molecule has 44 heavy (non-hydrogen) atoms. The van der Waals surface area contributed by atoms with E-state index in [0.717, 1.165) is 5.56 Å². The molecule has 0 bridgehead atoms. The third-order valence-corrected chi connectivity index (χ3v) is 7.53. The van der Waals surface area contributed by atoms with Crippen molar-refractivity contribution >= 4 is 61.0 Å². The molecular weight excluding hydrogens is 808 g/mol. The van der Waals surface area contributed by atoms with E-state index >= 15 is 0 Å². The molecule has 0 unspecified atom stereocenters. The van der Waals surface area contributed by atoms with Crippen LogP contribution in [0.2, 0.25) is 0 Å². The van der Waals surface area contributed by atoms with Gasteiger partial charge in [0.1, 0.15) is 27.9 Å². The van der Waals surface area contributed by atoms with Crippen LogP contribution < -0.4 is 10.6 Å². The van der Waals surface area contributed by atoms with E-state index in [0.29, 0.717) is 33.8 Å². The zero-order valence-electron chi connectivity index (χ0n) is 24.0. The fourth-order valence-corrected chi connectivity index (χ4v) is 4.93. The third-order valence-electron chi connectivity index (χ3n) is 6.63. The number of aromatic nitrogens is 3. The van der Waals surface area contributed by atoms with Crippen molar-refractivity contribution in [2.75, 3.05) is 17.7 Å². The number of rotatable bonds is 7. The number of phenols is 1. The number of nitrogen functional groups attached to an aromatic ring is 1. The Bertz CT molecular complexity index is 2050. The summed E-state index contributed by atoms with van der Waals surface area (Å²) in [6.07, 6.45) is 2.50. The van der Waals surface area contributed by atoms with Gasteiger partial charge in [0.15, 0.2) is 5.75 Å². The Morgan fingerprint density at radius 1 is 0.864 bits per heavy atom. The Labute approximate surface area is 277 Å². The fraction of sp³-hybridized carbons (Fsp3) is 0.138. The summed E-state index contributed by atoms with van der Waals surface area (Å²) in [5.74, 6) is 0.415. The van der Waals surface area contributed by atoms with Crippen LogP contribution in [0.15, 0.2) is 86.0 Å². The first-order chi connectivity index (χ1) is 20.4. The first kappa shape index (κ1) is 32.6. The maximum atomic E-state index is 12.2. The molecule has 13 nitrogen and oxygen atoms in total. The topological polar surface area (TPSA) is 192 Å². The van der Waals surface area contributed by atoms with E-state index in [1.165, 1.54) is 18.2 Å². The Balaban J connectivity index is 0.00000442. The number of benzene rings is 4. The van der Waals surface area contributed by atoms with Crippen LogP contribution in [-0.4, -0.2) is 40.1 Å². The van der Waals surface area contributed by atoms with Gasteiger partial charge >= 0.3 is 31.1 Å². The average Bonchev–Trinajstić information content (AvgIpc) is 2.96. The molecule has 15 heteroatoms. The summed E-state index contributed by atoms with van der Waals surface area (Å²) in [4.78, 5) is 13.2. The summed E-state index contributed by atoms with van der Waals surface area (Å²) in [5.41, 5.74) is 9.40. The molecule has 0 fully saturated rings. The smallest absolute Gasteiger partial charge is 0.505 e. The van der Waals surface area contributed by atoms with Crippen LogP contribution in [0, 0.1) is 58.2 Å². The molecule has 1 aromatic heterocycles. The molecular formula is C29H26N9O4SU+. The van der Waals surface area contributed by atoms with Crippen LogP contribution in [0.3, 0.4) is 0 Å². The second kappa shape index (κ2) is 13.1. The van der Waals surface area contributed by atoms with Gasteiger partial charge in [0.25, 0.3) is 10.1 Å². The van der Waals surface area contributed by atoms with Crippen molar-refractivity contribution < 1.29 is 49.2 Å². The van der Waals surface area contributed by atoms with Crippen molar-refractivity contribution in [2.24, 2.45) is 20.5 Å². The van der Waals surface area contributed by atoms with Crippen LogP contribution >= 0.6 is 0 Å². The first-order valence-corrected chi connectivity index (χ1v) is 14.3. The summed E-state index contributed by atoms with van der Waals surface area (Å²) in [6.45, 7) is 5.30. The van der Waals surface area contributed by atoms with Gasteiger partial charge in [0, 0.05) is 24.9 Å². The van der Waals surface area contributed by atoms with Gasteiger partial charge in [-0.3, -0.25) is 4.55 Å². The molecule has 0 aliphatic heterocycles. The van der Waals surface area contributed by atoms with Crippen molar-refractivity contribution in [3.05, 3.63) is 83.9 Å². The zero-order valence-corrected chi connectivity index (χ0v) is 29.0. The zero-order chi connectivity index (χ0) is 30.9. The second-order valence-corrected chi connectivity index (χ2v) is 11.0. The summed E-state index contributed by atoms with van der Waals surface area (Å²) >= 11 is 0. The maximum absolute atomic E-state index is 12.2. The molecule has 1 heterocycles. The minimum Gasteiger partial charge on any atom is -0.505 e. The predicted octanol–water partition coefficient (Wildman–Crippen LogP) is 6.88. The van der Waals surface area contributed by atoms with Gasteiger partial charge in [-0.05, 0) is 66.8 Å². The van der Waals surface area contributed by atoms with Gasteiger partial charge in [-0.2, -0.15) is 13.5 Å². The molecule has 220 valence electrons. The number of fused-ring (bicyclic) bond motifs is 1. The van der Waals surface area contributed by atoms with E-state index in [4.69, 9.17) is 5.73 Å². The molecule has 0 atom stereocenters. The Hall–Kier alpha value is -4.29. The molecule has 0 aliphatic rings. The molecule has 0 amide bonds. The van der Waals surface area contributed by atoms with Gasteiger partial charge in [0.05, 0.1) is 16.8 Å². The van der Waals surface area contributed by atoms with Crippen LogP contribution in [0.4, 0.5) is 40.1 Å². The largest absolute Gasteiger partial charge is 2.00 e. The molecule has 0 aliphatic carbocycles. The molecule has 0 saturated carbocycles. The van der Waals surface area contributed by atoms with Crippen molar-refractivity contribution in [1.29, 1.82) is 0 Å². The SMILES string of the molecule is Cc1n[c-]nc(N(C)c2ccc(S(=O)(=O)O)c(N=Nc3c(C)cc4ccc(N=Nc5ccccc5C)c(N)c4c3O)c2)n1.[U+2]. The number of phenolic OH excluding ortho intramolecular Hbond substituents is 1. The second-order valence-electron chi connectivity index (χ2n) is 9.64. The maximum Gasteiger partial charge on any atom is 2.00 e. The number of aromatic hydroxyl groups is 1. The van der Waals surface area contributed by atoms with Crippen LogP contribution in [-0.2, 0) is 10.1 Å². The first-order valence-electron chi connectivity index (χ1n) is 12.8. The quantitative estimate of drug-likeness (QED) is 0.0679. The number of hydrogen-bond donors (Lipinski definition) is 3. The number of azo groups is 2. The van der Waals surface area contributed by atoms with E-state index < -0.39 is 15.0 Å². The van der Waals surface area contributed by atoms with Gasteiger partial charge in [0.2, 0.25) is 0 Å². The monoisotopic (exact) mass is 834 g/mol. The van der Waals surface area contributed by atoms with Crippen molar-refractivity contribution in [3.8, 4) is 5.75 Å². The number of nitrogens with two attached hydrogens (primary N) is 1. The number of hydrogen-bond acceptors (Lipinski definition) is 12. The molecule has 0 spiro atoms. The number of nitrogens with zero attached hydrogens (tertiary/aromatic N) is 8. The minimum atomic E-state index is -4.68. The standard InChI is InChI=1S/C29H26N9O4S.U/c1-16-7-5-6-8-21(16)34-35-22-11-9-19-13-17(2)27(28(39)25(19)26(22)30)37-36-23-14-20(10-12-24(23)43(40,41)42)38(4)29-32-15-31-18(3)33-29;/h5-14,39H,30H2,1-4H3,(H,40,41,42);/q-1;+2. The summed E-state index contributed by atoms with van der Waals surface area (Å²) in [7, 11) is -3.02. The van der Waals surface area contributed by atoms with E-state index in [9.17, 15) is 18.1 Å². The van der Waals surface area contributed by atoms with Crippen LogP contribution in [0.1, 0.15) is 17.0 Å². The Morgan fingerprint density at radius 3 is 2.27 bits per heavy atom. The fourth-order valence-electron chi connectivity index (χ4n) is 4.33. The van der Waals surface area contributed by atoms with E-state index in [-0.39, 0.29) is 65.3 Å². The van der Waals surface area contributed by atoms with Crippen molar-refractivity contribution in [3.63, 3.8) is 0 Å². The molecule has 0 saturated heterocycles. The summed E-state index contributed by atoms with van der Waals surface area (Å²) in [5, 5.41) is 29.1. The van der Waals surface area contributed by atoms with Gasteiger partial charge < -0.3 is 30.7 Å². The van der Waals surface area contributed by atoms with Crippen LogP contribution in [0.25, 0.3) is 10.8 Å². The Morgan fingerprint density at radius 2 is 1.57 bits per heavy atom. The number of aryl methyl sites for hydroxylation is 3. The molecule has 5 rings (SSSR count). The van der Waals surface area contributed by atoms with E-state index in [2.05, 4.69) is 41.7 Å². The van der Waals surface area contributed by atoms with Gasteiger partial charge in [-0.25, -0.2) is 0 Å². The third kappa shape index (κ3) is 6.76. The van der Waals surface area contributed by atoms with E-state index in [1.54, 1.807) is 44.0 Å². The molecule has 0 radical (unpaired) electrons. The molecule has 4 aromatic carbocycles. The Kier molecular flexibility index (Phi) is 9.75. The normalized spacial score (nSPS) is 11.8. The summed E-state index contributed by atoms with van der Waals surface area (Å²) < 4.78 is 34.2. The van der Waals surface area contributed by atoms with Crippen LogP contribution in [0.5, 0.6) is 5.75 Å². The van der Waals surface area contributed by atoms with E-state index in [1.807, 2.05) is 31.2 Å². The summed E-state index contributed by atoms with van der Waals surface area (Å²) in [6, 6.07) is 16.7. The minimum absolute atomic E-state index is 0. The van der Waals surface area contributed by atoms with Gasteiger partial charge in [-0.1, -0.05) is 31.2 Å². The average molecular weight is 835 g/mol. The van der Waals surface area contributed by atoms with Gasteiger partial charge in [-0.15, -0.1) is 15.3 Å².